The number of hydrogen-bond acceptors (Lipinski definition) is 4. The lowest BCUT2D eigenvalue weighted by Gasteiger charge is -2.38. The molecular formula is C24H32FN3O3S. The van der Waals surface area contributed by atoms with Gasteiger partial charge in [0, 0.05) is 24.0 Å². The van der Waals surface area contributed by atoms with Crippen molar-refractivity contribution in [1.82, 2.24) is 15.1 Å². The lowest BCUT2D eigenvalue weighted by molar-refractivity contribution is -0.136. The maximum Gasteiger partial charge on any atom is 0.318 e. The standard InChI is InChI=1S/C24H32FN3O3S/c1-4-12-26-24(30)28(17(3)5-2)15-23(29)27-13-10-22-18(11-14-32-22)20(27)16-31-21-9-7-6-8-19(21)25/h6-9,11,14,17,20H,4-5,10,12-13,15-16H2,1-3H3,(H,26,30)/t17-,20+/m1/s1. The molecule has 1 aliphatic rings. The molecule has 2 atom stereocenters. The van der Waals surface area contributed by atoms with E-state index in [1.54, 1.807) is 39.3 Å². The minimum atomic E-state index is -0.428. The minimum Gasteiger partial charge on any atom is -0.488 e. The highest BCUT2D eigenvalue weighted by Crippen LogP contribution is 2.34. The Morgan fingerprint density at radius 3 is 2.81 bits per heavy atom. The third-order valence-electron chi connectivity index (χ3n) is 5.86. The molecule has 1 aromatic carbocycles. The van der Waals surface area contributed by atoms with Crippen molar-refractivity contribution in [1.29, 1.82) is 0 Å². The van der Waals surface area contributed by atoms with Gasteiger partial charge in [0.15, 0.2) is 11.6 Å². The molecule has 1 aromatic heterocycles. The summed E-state index contributed by atoms with van der Waals surface area (Å²) in [5, 5.41) is 4.90. The highest BCUT2D eigenvalue weighted by atomic mass is 32.1. The molecule has 0 aliphatic carbocycles. The molecule has 1 N–H and O–H groups in total. The lowest BCUT2D eigenvalue weighted by Crippen LogP contribution is -2.52. The summed E-state index contributed by atoms with van der Waals surface area (Å²) in [5.74, 6) is -0.388. The zero-order valence-corrected chi connectivity index (χ0v) is 19.8. The maximum atomic E-state index is 14.1. The van der Waals surface area contributed by atoms with Crippen LogP contribution in [-0.2, 0) is 11.2 Å². The van der Waals surface area contributed by atoms with Gasteiger partial charge < -0.3 is 19.9 Å². The molecular weight excluding hydrogens is 429 g/mol. The van der Waals surface area contributed by atoms with Gasteiger partial charge in [-0.2, -0.15) is 0 Å². The van der Waals surface area contributed by atoms with Crippen LogP contribution in [0.3, 0.4) is 0 Å². The minimum absolute atomic E-state index is 0.000221. The number of nitrogens with zero attached hydrogens (tertiary/aromatic N) is 2. The monoisotopic (exact) mass is 461 g/mol. The maximum absolute atomic E-state index is 14.1. The van der Waals surface area contributed by atoms with Crippen LogP contribution in [0.1, 0.15) is 50.1 Å². The lowest BCUT2D eigenvalue weighted by atomic mass is 10.00. The van der Waals surface area contributed by atoms with Crippen LogP contribution in [0.15, 0.2) is 35.7 Å². The number of ether oxygens (including phenoxy) is 1. The Hall–Kier alpha value is -2.61. The molecule has 2 aromatic rings. The van der Waals surface area contributed by atoms with E-state index >= 15 is 0 Å². The summed E-state index contributed by atoms with van der Waals surface area (Å²) >= 11 is 1.66. The van der Waals surface area contributed by atoms with Crippen LogP contribution in [0.5, 0.6) is 5.75 Å². The second-order valence-electron chi connectivity index (χ2n) is 8.01. The van der Waals surface area contributed by atoms with Crippen molar-refractivity contribution in [3.05, 3.63) is 52.0 Å². The van der Waals surface area contributed by atoms with Crippen LogP contribution in [0, 0.1) is 5.82 Å². The normalized spacial score (nSPS) is 16.2. The molecule has 1 aliphatic heterocycles. The zero-order chi connectivity index (χ0) is 23.1. The van der Waals surface area contributed by atoms with Crippen LogP contribution >= 0.6 is 11.3 Å². The fraction of sp³-hybridized carbons (Fsp3) is 0.500. The Bertz CT molecular complexity index is 919. The molecule has 0 saturated carbocycles. The molecule has 0 saturated heterocycles. The predicted molar refractivity (Wildman–Crippen MR) is 125 cm³/mol. The molecule has 0 spiro atoms. The first-order valence-corrected chi connectivity index (χ1v) is 12.1. The van der Waals surface area contributed by atoms with Gasteiger partial charge in [-0.3, -0.25) is 4.79 Å². The summed E-state index contributed by atoms with van der Waals surface area (Å²) in [6, 6.07) is 7.67. The van der Waals surface area contributed by atoms with E-state index in [2.05, 4.69) is 5.32 Å². The number of urea groups is 1. The Morgan fingerprint density at radius 2 is 2.09 bits per heavy atom. The van der Waals surface area contributed by atoms with Gasteiger partial charge in [-0.25, -0.2) is 9.18 Å². The quantitative estimate of drug-likeness (QED) is 0.593. The number of hydrogen-bond donors (Lipinski definition) is 1. The smallest absolute Gasteiger partial charge is 0.318 e. The molecule has 0 unspecified atom stereocenters. The van der Waals surface area contributed by atoms with Crippen molar-refractivity contribution in [2.75, 3.05) is 26.2 Å². The number of carbonyl (C=O) groups excluding carboxylic acids is 2. The number of para-hydroxylation sites is 1. The summed E-state index contributed by atoms with van der Waals surface area (Å²) in [6.07, 6.45) is 2.35. The van der Waals surface area contributed by atoms with E-state index in [4.69, 9.17) is 4.74 Å². The first kappa shape index (κ1) is 24.0. The molecule has 2 heterocycles. The number of halogens is 1. The van der Waals surface area contributed by atoms with E-state index in [0.29, 0.717) is 13.1 Å². The van der Waals surface area contributed by atoms with Gasteiger partial charge in [-0.1, -0.05) is 26.0 Å². The summed E-state index contributed by atoms with van der Waals surface area (Å²) in [6.45, 7) is 7.21. The van der Waals surface area contributed by atoms with Gasteiger partial charge in [0.1, 0.15) is 13.2 Å². The van der Waals surface area contributed by atoms with E-state index < -0.39 is 5.82 Å². The Labute approximate surface area is 193 Å². The fourth-order valence-corrected chi connectivity index (χ4v) is 4.75. The van der Waals surface area contributed by atoms with Crippen molar-refractivity contribution in [2.24, 2.45) is 0 Å². The van der Waals surface area contributed by atoms with Gasteiger partial charge in [0.2, 0.25) is 5.91 Å². The molecule has 0 bridgehead atoms. The topological polar surface area (TPSA) is 61.9 Å². The molecule has 6 nitrogen and oxygen atoms in total. The third kappa shape index (κ3) is 5.59. The Morgan fingerprint density at radius 1 is 1.31 bits per heavy atom. The molecule has 8 heteroatoms. The second kappa shape index (κ2) is 11.3. The molecule has 3 amide bonds. The summed E-state index contributed by atoms with van der Waals surface area (Å²) in [4.78, 5) is 30.7. The van der Waals surface area contributed by atoms with E-state index in [1.807, 2.05) is 32.2 Å². The average molecular weight is 462 g/mol. The van der Waals surface area contributed by atoms with E-state index in [0.717, 1.165) is 24.8 Å². The molecule has 0 radical (unpaired) electrons. The van der Waals surface area contributed by atoms with Gasteiger partial charge in [-0.05, 0) is 55.3 Å². The average Bonchev–Trinajstić information content (AvgIpc) is 3.28. The van der Waals surface area contributed by atoms with Gasteiger partial charge in [-0.15, -0.1) is 11.3 Å². The number of rotatable bonds is 9. The molecule has 32 heavy (non-hydrogen) atoms. The first-order chi connectivity index (χ1) is 15.5. The van der Waals surface area contributed by atoms with Crippen molar-refractivity contribution < 1.29 is 18.7 Å². The Kier molecular flexibility index (Phi) is 8.50. The third-order valence-corrected chi connectivity index (χ3v) is 6.86. The predicted octanol–water partition coefficient (Wildman–Crippen LogP) is 4.61. The fourth-order valence-electron chi connectivity index (χ4n) is 3.82. The van der Waals surface area contributed by atoms with Crippen molar-refractivity contribution in [3.8, 4) is 5.75 Å². The second-order valence-corrected chi connectivity index (χ2v) is 9.01. The number of nitrogens with one attached hydrogen (secondary N) is 1. The van der Waals surface area contributed by atoms with Gasteiger partial charge in [0.25, 0.3) is 0 Å². The van der Waals surface area contributed by atoms with Crippen LogP contribution in [0.2, 0.25) is 0 Å². The molecule has 0 fully saturated rings. The van der Waals surface area contributed by atoms with Crippen molar-refractivity contribution in [3.63, 3.8) is 0 Å². The first-order valence-electron chi connectivity index (χ1n) is 11.2. The van der Waals surface area contributed by atoms with E-state index in [1.165, 1.54) is 10.9 Å². The summed E-state index contributed by atoms with van der Waals surface area (Å²) < 4.78 is 19.9. The number of benzene rings is 1. The molecule has 174 valence electrons. The SMILES string of the molecule is CCCNC(=O)N(CC(=O)N1CCc2sccc2[C@@H]1COc1ccccc1F)[C@H](C)CC. The highest BCUT2D eigenvalue weighted by molar-refractivity contribution is 7.10. The van der Waals surface area contributed by atoms with Crippen LogP contribution in [0.25, 0.3) is 0 Å². The van der Waals surface area contributed by atoms with E-state index in [-0.39, 0.29) is 42.9 Å². The van der Waals surface area contributed by atoms with Crippen molar-refractivity contribution >= 4 is 23.3 Å². The summed E-state index contributed by atoms with van der Waals surface area (Å²) in [7, 11) is 0. The number of fused-ring (bicyclic) bond motifs is 1. The largest absolute Gasteiger partial charge is 0.488 e. The number of carbonyl (C=O) groups is 2. The summed E-state index contributed by atoms with van der Waals surface area (Å²) in [5.41, 5.74) is 1.04. The molecule has 3 rings (SSSR count). The van der Waals surface area contributed by atoms with Crippen LogP contribution in [-0.4, -0.2) is 54.0 Å². The van der Waals surface area contributed by atoms with E-state index in [9.17, 15) is 14.0 Å². The number of thiophene rings is 1. The zero-order valence-electron chi connectivity index (χ0n) is 19.0. The van der Waals surface area contributed by atoms with Gasteiger partial charge >= 0.3 is 6.03 Å². The Balaban J connectivity index is 1.77. The van der Waals surface area contributed by atoms with Crippen LogP contribution in [0.4, 0.5) is 9.18 Å². The van der Waals surface area contributed by atoms with Crippen LogP contribution < -0.4 is 10.1 Å². The number of amides is 3. The van der Waals surface area contributed by atoms with Gasteiger partial charge in [0.05, 0.1) is 6.04 Å². The highest BCUT2D eigenvalue weighted by Gasteiger charge is 2.34. The van der Waals surface area contributed by atoms with Crippen molar-refractivity contribution in [2.45, 2.75) is 52.1 Å².